The Kier molecular flexibility index (Phi) is 7.60. The number of amides is 1. The summed E-state index contributed by atoms with van der Waals surface area (Å²) < 4.78 is 5.38. The molecule has 1 amide bonds. The first-order valence-electron chi connectivity index (χ1n) is 10.5. The van der Waals surface area contributed by atoms with Crippen LogP contribution in [0.25, 0.3) is 0 Å². The van der Waals surface area contributed by atoms with Crippen molar-refractivity contribution in [1.82, 2.24) is 10.6 Å². The molecule has 0 aromatic carbocycles. The fourth-order valence-electron chi connectivity index (χ4n) is 4.49. The van der Waals surface area contributed by atoms with Crippen molar-refractivity contribution in [3.63, 3.8) is 0 Å². The number of nitrogens with one attached hydrogen (secondary N) is 2. The monoisotopic (exact) mass is 352 g/mol. The van der Waals surface area contributed by atoms with Crippen molar-refractivity contribution in [3.8, 4) is 0 Å². The second-order valence-electron chi connectivity index (χ2n) is 9.57. The van der Waals surface area contributed by atoms with Crippen molar-refractivity contribution in [3.05, 3.63) is 0 Å². The van der Waals surface area contributed by atoms with Crippen LogP contribution in [0.1, 0.15) is 86.0 Å². The predicted octanol–water partition coefficient (Wildman–Crippen LogP) is 4.87. The Labute approximate surface area is 154 Å². The fourth-order valence-corrected chi connectivity index (χ4v) is 4.49. The summed E-state index contributed by atoms with van der Waals surface area (Å²) in [4.78, 5) is 12.0. The molecule has 0 aromatic heterocycles. The summed E-state index contributed by atoms with van der Waals surface area (Å²) in [5, 5.41) is 6.97. The lowest BCUT2D eigenvalue weighted by Crippen LogP contribution is -2.49. The standard InChI is InChI=1S/C21H40N2O2/c1-15(2)16-10-8-11-18(13-16)23-19-12-7-6-9-17(19)14-22-20(24)25-21(3,4)5/h15-19,23H,6-14H2,1-5H3,(H,22,24). The average molecular weight is 353 g/mol. The van der Waals surface area contributed by atoms with Gasteiger partial charge in [-0.3, -0.25) is 0 Å². The maximum absolute atomic E-state index is 12.0. The molecule has 0 aromatic rings. The van der Waals surface area contributed by atoms with E-state index in [4.69, 9.17) is 4.74 Å². The number of alkyl carbamates (subject to hydrolysis) is 1. The number of carbonyl (C=O) groups is 1. The van der Waals surface area contributed by atoms with Crippen molar-refractivity contribution >= 4 is 6.09 Å². The predicted molar refractivity (Wildman–Crippen MR) is 104 cm³/mol. The SMILES string of the molecule is CC(C)C1CCCC(NC2CCCCC2CNC(=O)OC(C)(C)C)C1. The highest BCUT2D eigenvalue weighted by Gasteiger charge is 2.30. The van der Waals surface area contributed by atoms with Gasteiger partial charge >= 0.3 is 6.09 Å². The van der Waals surface area contributed by atoms with E-state index in [0.29, 0.717) is 18.0 Å². The maximum Gasteiger partial charge on any atom is 0.407 e. The van der Waals surface area contributed by atoms with E-state index in [1.807, 2.05) is 20.8 Å². The van der Waals surface area contributed by atoms with E-state index in [9.17, 15) is 4.79 Å². The minimum atomic E-state index is -0.428. The van der Waals surface area contributed by atoms with Gasteiger partial charge in [0.1, 0.15) is 5.60 Å². The summed E-state index contributed by atoms with van der Waals surface area (Å²) in [6.45, 7) is 11.2. The van der Waals surface area contributed by atoms with Crippen LogP contribution in [0.5, 0.6) is 0 Å². The Hall–Kier alpha value is -0.770. The van der Waals surface area contributed by atoms with Gasteiger partial charge in [-0.15, -0.1) is 0 Å². The van der Waals surface area contributed by atoms with E-state index in [0.717, 1.165) is 18.4 Å². The van der Waals surface area contributed by atoms with Crippen molar-refractivity contribution in [2.24, 2.45) is 17.8 Å². The van der Waals surface area contributed by atoms with Gasteiger partial charge in [0.25, 0.3) is 0 Å². The number of hydrogen-bond acceptors (Lipinski definition) is 3. The van der Waals surface area contributed by atoms with E-state index in [-0.39, 0.29) is 6.09 Å². The van der Waals surface area contributed by atoms with Crippen LogP contribution in [0.2, 0.25) is 0 Å². The lowest BCUT2D eigenvalue weighted by molar-refractivity contribution is 0.0508. The second-order valence-corrected chi connectivity index (χ2v) is 9.57. The Morgan fingerprint density at radius 1 is 1.08 bits per heavy atom. The zero-order valence-corrected chi connectivity index (χ0v) is 17.1. The Bertz CT molecular complexity index is 417. The van der Waals surface area contributed by atoms with E-state index in [2.05, 4.69) is 24.5 Å². The number of rotatable bonds is 5. The molecule has 2 fully saturated rings. The third-order valence-electron chi connectivity index (χ3n) is 5.92. The van der Waals surface area contributed by atoms with Crippen molar-refractivity contribution in [1.29, 1.82) is 0 Å². The van der Waals surface area contributed by atoms with E-state index < -0.39 is 5.60 Å². The average Bonchev–Trinajstić information content (AvgIpc) is 2.52. The highest BCUT2D eigenvalue weighted by Crippen LogP contribution is 2.32. The molecule has 25 heavy (non-hydrogen) atoms. The largest absolute Gasteiger partial charge is 0.444 e. The molecule has 0 bridgehead atoms. The van der Waals surface area contributed by atoms with Crippen LogP contribution in [0, 0.1) is 17.8 Å². The van der Waals surface area contributed by atoms with Gasteiger partial charge in [-0.1, -0.05) is 39.5 Å². The molecule has 4 unspecified atom stereocenters. The first-order chi connectivity index (χ1) is 11.7. The quantitative estimate of drug-likeness (QED) is 0.742. The van der Waals surface area contributed by atoms with Gasteiger partial charge in [-0.2, -0.15) is 0 Å². The number of carbonyl (C=O) groups excluding carboxylic acids is 1. The topological polar surface area (TPSA) is 50.4 Å². The molecule has 4 nitrogen and oxygen atoms in total. The highest BCUT2D eigenvalue weighted by atomic mass is 16.6. The van der Waals surface area contributed by atoms with Gasteiger partial charge in [0.05, 0.1) is 0 Å². The molecule has 2 rings (SSSR count). The summed E-state index contributed by atoms with van der Waals surface area (Å²) in [6.07, 6.45) is 10.1. The molecule has 2 aliphatic carbocycles. The van der Waals surface area contributed by atoms with E-state index in [1.165, 1.54) is 51.4 Å². The minimum absolute atomic E-state index is 0.283. The van der Waals surface area contributed by atoms with Crippen LogP contribution < -0.4 is 10.6 Å². The molecular formula is C21H40N2O2. The van der Waals surface area contributed by atoms with Crippen LogP contribution in [-0.2, 0) is 4.74 Å². The molecule has 0 radical (unpaired) electrons. The molecule has 2 N–H and O–H groups in total. The molecule has 2 aliphatic rings. The smallest absolute Gasteiger partial charge is 0.407 e. The van der Waals surface area contributed by atoms with Crippen LogP contribution in [-0.4, -0.2) is 30.3 Å². The van der Waals surface area contributed by atoms with Gasteiger partial charge in [0.2, 0.25) is 0 Å². The van der Waals surface area contributed by atoms with Gasteiger partial charge in [-0.05, 0) is 64.2 Å². The zero-order chi connectivity index (χ0) is 18.4. The molecule has 0 spiro atoms. The first kappa shape index (κ1) is 20.5. The van der Waals surface area contributed by atoms with Crippen LogP contribution in [0.4, 0.5) is 4.79 Å². The molecular weight excluding hydrogens is 312 g/mol. The van der Waals surface area contributed by atoms with Crippen LogP contribution >= 0.6 is 0 Å². The molecule has 4 atom stereocenters. The summed E-state index contributed by atoms with van der Waals surface area (Å²) in [5.41, 5.74) is -0.428. The molecule has 4 heteroatoms. The lowest BCUT2D eigenvalue weighted by atomic mass is 9.78. The van der Waals surface area contributed by atoms with Crippen molar-refractivity contribution in [2.75, 3.05) is 6.54 Å². The van der Waals surface area contributed by atoms with Gasteiger partial charge < -0.3 is 15.4 Å². The zero-order valence-electron chi connectivity index (χ0n) is 17.1. The summed E-state index contributed by atoms with van der Waals surface area (Å²) in [5.74, 6) is 2.19. The minimum Gasteiger partial charge on any atom is -0.444 e. The summed E-state index contributed by atoms with van der Waals surface area (Å²) >= 11 is 0. The lowest BCUT2D eigenvalue weighted by Gasteiger charge is -2.39. The van der Waals surface area contributed by atoms with Crippen molar-refractivity contribution in [2.45, 2.75) is 104 Å². The second kappa shape index (κ2) is 9.25. The molecule has 146 valence electrons. The first-order valence-corrected chi connectivity index (χ1v) is 10.5. The van der Waals surface area contributed by atoms with Gasteiger partial charge in [0.15, 0.2) is 0 Å². The Balaban J connectivity index is 1.82. The summed E-state index contributed by atoms with van der Waals surface area (Å²) in [7, 11) is 0. The Morgan fingerprint density at radius 3 is 2.48 bits per heavy atom. The maximum atomic E-state index is 12.0. The number of hydrogen-bond donors (Lipinski definition) is 2. The van der Waals surface area contributed by atoms with Gasteiger partial charge in [0, 0.05) is 18.6 Å². The highest BCUT2D eigenvalue weighted by molar-refractivity contribution is 5.67. The Morgan fingerprint density at radius 2 is 1.80 bits per heavy atom. The van der Waals surface area contributed by atoms with Gasteiger partial charge in [-0.25, -0.2) is 4.79 Å². The van der Waals surface area contributed by atoms with Crippen LogP contribution in [0.3, 0.4) is 0 Å². The molecule has 0 heterocycles. The van der Waals surface area contributed by atoms with E-state index in [1.54, 1.807) is 0 Å². The third-order valence-corrected chi connectivity index (χ3v) is 5.92. The fraction of sp³-hybridized carbons (Fsp3) is 0.952. The molecule has 0 saturated heterocycles. The normalized spacial score (nSPS) is 31.0. The van der Waals surface area contributed by atoms with Crippen LogP contribution in [0.15, 0.2) is 0 Å². The van der Waals surface area contributed by atoms with E-state index >= 15 is 0 Å². The number of ether oxygens (including phenoxy) is 1. The van der Waals surface area contributed by atoms with Crippen molar-refractivity contribution < 1.29 is 9.53 Å². The third kappa shape index (κ3) is 7.16. The summed E-state index contributed by atoms with van der Waals surface area (Å²) in [6, 6.07) is 1.20. The molecule has 2 saturated carbocycles. The molecule has 0 aliphatic heterocycles.